The number of hydrogen-bond donors (Lipinski definition) is 2. The Morgan fingerprint density at radius 3 is 3.00 bits per heavy atom. The van der Waals surface area contributed by atoms with Crippen LogP contribution in [0.5, 0.6) is 0 Å². The number of nitrogens with one attached hydrogen (secondary N) is 1. The Balaban J connectivity index is 2.38. The number of rotatable bonds is 6. The van der Waals surface area contributed by atoms with Crippen molar-refractivity contribution in [1.29, 1.82) is 0 Å². The van der Waals surface area contributed by atoms with Crippen LogP contribution in [0.15, 0.2) is 16.1 Å². The molecule has 0 amide bonds. The summed E-state index contributed by atoms with van der Waals surface area (Å²) < 4.78 is 6.16. The number of nitrogens with zero attached hydrogens (tertiary/aromatic N) is 3. The Kier molecular flexibility index (Phi) is 4.97. The van der Waals surface area contributed by atoms with Gasteiger partial charge >= 0.3 is 5.97 Å². The first-order valence-corrected chi connectivity index (χ1v) is 7.29. The second kappa shape index (κ2) is 6.72. The molecule has 0 aliphatic rings. The Hall–Kier alpha value is -1.87. The van der Waals surface area contributed by atoms with Crippen LogP contribution < -0.4 is 5.56 Å². The third-order valence-electron chi connectivity index (χ3n) is 2.88. The van der Waals surface area contributed by atoms with Crippen LogP contribution in [0.25, 0.3) is 11.0 Å². The number of esters is 1. The number of methoxy groups -OCH3 is 1. The first kappa shape index (κ1) is 15.5. The maximum absolute atomic E-state index is 12.0. The molecule has 9 heteroatoms. The summed E-state index contributed by atoms with van der Waals surface area (Å²) in [4.78, 5) is 30.5. The Labute approximate surface area is 124 Å². The average Bonchev–Trinajstić information content (AvgIpc) is 2.88. The molecule has 0 radical (unpaired) electrons. The Bertz CT molecular complexity index is 696. The van der Waals surface area contributed by atoms with Crippen LogP contribution in [0.4, 0.5) is 0 Å². The maximum Gasteiger partial charge on any atom is 0.319 e. The lowest BCUT2D eigenvalue weighted by Crippen LogP contribution is -2.19. The van der Waals surface area contributed by atoms with Crippen LogP contribution in [-0.2, 0) is 16.1 Å². The number of H-pyrrole nitrogens is 1. The van der Waals surface area contributed by atoms with Gasteiger partial charge in [0.25, 0.3) is 5.56 Å². The van der Waals surface area contributed by atoms with Crippen molar-refractivity contribution < 1.29 is 14.6 Å². The fraction of sp³-hybridized carbons (Fsp3) is 0.500. The van der Waals surface area contributed by atoms with Crippen LogP contribution in [0.3, 0.4) is 0 Å². The van der Waals surface area contributed by atoms with Crippen molar-refractivity contribution in [2.24, 2.45) is 0 Å². The number of ether oxygens (including phenoxy) is 1. The van der Waals surface area contributed by atoms with Gasteiger partial charge in [0.05, 0.1) is 26.5 Å². The van der Waals surface area contributed by atoms with Crippen LogP contribution in [0.2, 0.25) is 0 Å². The fourth-order valence-electron chi connectivity index (χ4n) is 1.82. The number of carbonyl (C=O) groups excluding carboxylic acids is 1. The van der Waals surface area contributed by atoms with Crippen molar-refractivity contribution >= 4 is 28.8 Å². The fourth-order valence-corrected chi connectivity index (χ4v) is 2.74. The summed E-state index contributed by atoms with van der Waals surface area (Å²) in [6.45, 7) is 1.99. The minimum Gasteiger partial charge on any atom is -0.468 e. The molecule has 2 aromatic heterocycles. The minimum atomic E-state index is -0.440. The first-order chi connectivity index (χ1) is 10.1. The highest BCUT2D eigenvalue weighted by Gasteiger charge is 2.20. The van der Waals surface area contributed by atoms with E-state index in [2.05, 4.69) is 15.1 Å². The predicted molar refractivity (Wildman–Crippen MR) is 77.2 cm³/mol. The number of aromatic nitrogens is 4. The molecule has 0 aliphatic heterocycles. The predicted octanol–water partition coefficient (Wildman–Crippen LogP) is 0.156. The molecule has 0 aromatic carbocycles. The minimum absolute atomic E-state index is 0.104. The summed E-state index contributed by atoms with van der Waals surface area (Å²) in [5.41, 5.74) is 0.0569. The third kappa shape index (κ3) is 3.24. The van der Waals surface area contributed by atoms with Crippen molar-refractivity contribution in [3.05, 3.63) is 16.6 Å². The highest BCUT2D eigenvalue weighted by atomic mass is 32.2. The van der Waals surface area contributed by atoms with E-state index in [4.69, 9.17) is 9.84 Å². The molecule has 0 unspecified atom stereocenters. The number of thioether (sulfide) groups is 1. The normalized spacial score (nSPS) is 12.5. The zero-order valence-corrected chi connectivity index (χ0v) is 12.5. The molecule has 8 nitrogen and oxygen atoms in total. The summed E-state index contributed by atoms with van der Waals surface area (Å²) in [5, 5.41) is 13.2. The molecule has 0 fully saturated rings. The first-order valence-electron chi connectivity index (χ1n) is 6.41. The summed E-state index contributed by atoms with van der Waals surface area (Å²) >= 11 is 1.14. The standard InChI is InChI=1S/C12H16N4O4S/c1-3-8(11(19)20-2)21-12-14-9-7(10(18)15-12)6-13-16(9)4-5-17/h6,8,17H,3-5H2,1-2H3,(H,14,15,18)/t8-/m0/s1. The SMILES string of the molecule is CC[C@H](Sc1nc2c(cnn2CCO)c(=O)[nH]1)C(=O)OC. The maximum atomic E-state index is 12.0. The van der Waals surface area contributed by atoms with E-state index >= 15 is 0 Å². The number of carbonyl (C=O) groups is 1. The summed E-state index contributed by atoms with van der Waals surface area (Å²) in [6.07, 6.45) is 1.96. The highest BCUT2D eigenvalue weighted by molar-refractivity contribution is 8.00. The number of aromatic amines is 1. The molecule has 21 heavy (non-hydrogen) atoms. The monoisotopic (exact) mass is 312 g/mol. The lowest BCUT2D eigenvalue weighted by molar-refractivity contribution is -0.140. The van der Waals surface area contributed by atoms with Crippen molar-refractivity contribution in [3.63, 3.8) is 0 Å². The number of hydrogen-bond acceptors (Lipinski definition) is 7. The van der Waals surface area contributed by atoms with Crippen molar-refractivity contribution in [1.82, 2.24) is 19.7 Å². The van der Waals surface area contributed by atoms with Gasteiger partial charge in [-0.05, 0) is 6.42 Å². The zero-order chi connectivity index (χ0) is 15.4. The third-order valence-corrected chi connectivity index (χ3v) is 4.11. The summed E-state index contributed by atoms with van der Waals surface area (Å²) in [5.74, 6) is -0.367. The van der Waals surface area contributed by atoms with Gasteiger partial charge in [-0.15, -0.1) is 0 Å². The van der Waals surface area contributed by atoms with E-state index in [-0.39, 0.29) is 24.7 Å². The molecule has 114 valence electrons. The molecule has 1 atom stereocenters. The van der Waals surface area contributed by atoms with Crippen molar-refractivity contribution in [2.75, 3.05) is 13.7 Å². The zero-order valence-electron chi connectivity index (χ0n) is 11.7. The molecule has 0 saturated carbocycles. The average molecular weight is 312 g/mol. The Morgan fingerprint density at radius 1 is 1.62 bits per heavy atom. The topological polar surface area (TPSA) is 110 Å². The number of fused-ring (bicyclic) bond motifs is 1. The van der Waals surface area contributed by atoms with Gasteiger partial charge in [0.2, 0.25) is 0 Å². The summed E-state index contributed by atoms with van der Waals surface area (Å²) in [6, 6.07) is 0. The molecule has 0 spiro atoms. The van der Waals surface area contributed by atoms with Crippen LogP contribution >= 0.6 is 11.8 Å². The molecule has 0 saturated heterocycles. The van der Waals surface area contributed by atoms with Crippen LogP contribution in [-0.4, -0.2) is 49.8 Å². The highest BCUT2D eigenvalue weighted by Crippen LogP contribution is 2.23. The largest absolute Gasteiger partial charge is 0.468 e. The molecule has 2 heterocycles. The van der Waals surface area contributed by atoms with E-state index < -0.39 is 5.25 Å². The quantitative estimate of drug-likeness (QED) is 0.444. The lowest BCUT2D eigenvalue weighted by Gasteiger charge is -2.11. The molecule has 2 N–H and O–H groups in total. The van der Waals surface area contributed by atoms with Gasteiger partial charge in [-0.1, -0.05) is 18.7 Å². The van der Waals surface area contributed by atoms with Gasteiger partial charge in [0.1, 0.15) is 10.6 Å². The molecular formula is C12H16N4O4S. The van der Waals surface area contributed by atoms with Crippen LogP contribution in [0, 0.1) is 0 Å². The van der Waals surface area contributed by atoms with E-state index in [9.17, 15) is 9.59 Å². The molecular weight excluding hydrogens is 296 g/mol. The lowest BCUT2D eigenvalue weighted by atomic mass is 10.3. The Morgan fingerprint density at radius 2 is 2.38 bits per heavy atom. The second-order valence-corrected chi connectivity index (χ2v) is 5.43. The molecule has 2 rings (SSSR count). The summed E-state index contributed by atoms with van der Waals surface area (Å²) in [7, 11) is 1.32. The van der Waals surface area contributed by atoms with Crippen molar-refractivity contribution in [3.8, 4) is 0 Å². The van der Waals surface area contributed by atoms with Gasteiger partial charge in [-0.2, -0.15) is 5.10 Å². The van der Waals surface area contributed by atoms with Crippen LogP contribution in [0.1, 0.15) is 13.3 Å². The van der Waals surface area contributed by atoms with Gasteiger partial charge in [-0.25, -0.2) is 9.67 Å². The van der Waals surface area contributed by atoms with Crippen molar-refractivity contribution in [2.45, 2.75) is 30.3 Å². The second-order valence-electron chi connectivity index (χ2n) is 4.24. The molecule has 0 aliphatic carbocycles. The molecule has 2 aromatic rings. The van der Waals surface area contributed by atoms with E-state index in [0.29, 0.717) is 22.6 Å². The van der Waals surface area contributed by atoms with E-state index in [1.165, 1.54) is 18.0 Å². The van der Waals surface area contributed by atoms with Gasteiger partial charge < -0.3 is 14.8 Å². The van der Waals surface area contributed by atoms with Gasteiger partial charge in [-0.3, -0.25) is 9.59 Å². The van der Waals surface area contributed by atoms with Gasteiger partial charge in [0.15, 0.2) is 10.8 Å². The number of aliphatic hydroxyl groups excluding tert-OH is 1. The molecule has 0 bridgehead atoms. The van der Waals surface area contributed by atoms with E-state index in [1.54, 1.807) is 0 Å². The number of aliphatic hydroxyl groups is 1. The smallest absolute Gasteiger partial charge is 0.319 e. The van der Waals surface area contributed by atoms with E-state index in [1.807, 2.05) is 6.92 Å². The van der Waals surface area contributed by atoms with Gasteiger partial charge in [0, 0.05) is 0 Å². The van der Waals surface area contributed by atoms with E-state index in [0.717, 1.165) is 11.8 Å².